The van der Waals surface area contributed by atoms with Gasteiger partial charge in [-0.15, -0.1) is 11.3 Å². The van der Waals surface area contributed by atoms with Crippen molar-refractivity contribution in [2.45, 2.75) is 32.7 Å². The number of aryl methyl sites for hydroxylation is 1. The molecule has 1 aromatic carbocycles. The zero-order valence-electron chi connectivity index (χ0n) is 14.1. The van der Waals surface area contributed by atoms with Crippen LogP contribution in [-0.4, -0.2) is 10.9 Å². The molecule has 0 fully saturated rings. The minimum absolute atomic E-state index is 0.00965. The van der Waals surface area contributed by atoms with E-state index in [0.717, 1.165) is 21.3 Å². The summed E-state index contributed by atoms with van der Waals surface area (Å²) >= 11 is 5.00. The van der Waals surface area contributed by atoms with Crippen molar-refractivity contribution in [2.24, 2.45) is 0 Å². The van der Waals surface area contributed by atoms with Crippen molar-refractivity contribution < 1.29 is 9.21 Å². The van der Waals surface area contributed by atoms with E-state index < -0.39 is 0 Å². The predicted octanol–water partition coefficient (Wildman–Crippen LogP) is 5.28. The molecule has 1 amide bonds. The molecule has 0 spiro atoms. The fraction of sp³-hybridized carbons (Fsp3) is 0.263. The highest BCUT2D eigenvalue weighted by molar-refractivity contribution is 9.10. The Balaban J connectivity index is 1.68. The van der Waals surface area contributed by atoms with Crippen LogP contribution in [0.1, 0.15) is 36.4 Å². The standard InChI is InChI=1S/C19H19BrN2O2S/c1-3-15(13-6-8-14(20)9-7-13)21-18(23)11-16-12(2)24-19(22-16)17-5-4-10-25-17/h4-10,15H,3,11H2,1-2H3,(H,21,23). The Bertz CT molecular complexity index is 841. The lowest BCUT2D eigenvalue weighted by molar-refractivity contribution is -0.121. The number of nitrogens with zero attached hydrogens (tertiary/aromatic N) is 1. The van der Waals surface area contributed by atoms with Gasteiger partial charge < -0.3 is 9.73 Å². The van der Waals surface area contributed by atoms with Crippen LogP contribution in [0.2, 0.25) is 0 Å². The fourth-order valence-corrected chi connectivity index (χ4v) is 3.52. The molecular formula is C19H19BrN2O2S. The molecule has 3 rings (SSSR count). The molecule has 1 atom stereocenters. The lowest BCUT2D eigenvalue weighted by Crippen LogP contribution is -2.29. The van der Waals surface area contributed by atoms with E-state index in [0.29, 0.717) is 17.3 Å². The average molecular weight is 419 g/mol. The van der Waals surface area contributed by atoms with Crippen LogP contribution in [0.5, 0.6) is 0 Å². The Morgan fingerprint density at radius 2 is 2.08 bits per heavy atom. The smallest absolute Gasteiger partial charge is 0.236 e. The van der Waals surface area contributed by atoms with Crippen LogP contribution in [0.25, 0.3) is 10.8 Å². The van der Waals surface area contributed by atoms with E-state index in [1.54, 1.807) is 11.3 Å². The Kier molecular flexibility index (Phi) is 5.71. The summed E-state index contributed by atoms with van der Waals surface area (Å²) in [5, 5.41) is 5.07. The molecule has 3 aromatic rings. The molecule has 1 N–H and O–H groups in total. The van der Waals surface area contributed by atoms with E-state index in [1.165, 1.54) is 0 Å². The van der Waals surface area contributed by atoms with E-state index in [9.17, 15) is 4.79 Å². The van der Waals surface area contributed by atoms with Gasteiger partial charge in [0.2, 0.25) is 11.8 Å². The number of carbonyl (C=O) groups is 1. The third kappa shape index (κ3) is 4.38. The first kappa shape index (κ1) is 17.9. The number of hydrogen-bond donors (Lipinski definition) is 1. The summed E-state index contributed by atoms with van der Waals surface area (Å²) in [6.07, 6.45) is 1.04. The molecule has 0 radical (unpaired) electrons. The molecule has 25 heavy (non-hydrogen) atoms. The van der Waals surface area contributed by atoms with Crippen LogP contribution in [0.4, 0.5) is 0 Å². The first-order valence-electron chi connectivity index (χ1n) is 8.11. The van der Waals surface area contributed by atoms with Crippen molar-refractivity contribution >= 4 is 33.2 Å². The van der Waals surface area contributed by atoms with Crippen molar-refractivity contribution in [1.29, 1.82) is 0 Å². The SMILES string of the molecule is CCC(NC(=O)Cc1nc(-c2cccs2)oc1C)c1ccc(Br)cc1. The zero-order chi connectivity index (χ0) is 17.8. The van der Waals surface area contributed by atoms with Crippen molar-refractivity contribution in [3.8, 4) is 10.8 Å². The van der Waals surface area contributed by atoms with Crippen LogP contribution >= 0.6 is 27.3 Å². The number of hydrogen-bond acceptors (Lipinski definition) is 4. The molecule has 0 bridgehead atoms. The van der Waals surface area contributed by atoms with E-state index in [2.05, 4.69) is 33.2 Å². The summed E-state index contributed by atoms with van der Waals surface area (Å²) < 4.78 is 6.73. The summed E-state index contributed by atoms with van der Waals surface area (Å²) in [5.74, 6) is 1.22. The quantitative estimate of drug-likeness (QED) is 0.591. The largest absolute Gasteiger partial charge is 0.440 e. The molecule has 0 aliphatic rings. The van der Waals surface area contributed by atoms with Crippen molar-refractivity contribution in [2.75, 3.05) is 0 Å². The van der Waals surface area contributed by atoms with Gasteiger partial charge in [0, 0.05) is 4.47 Å². The monoisotopic (exact) mass is 418 g/mol. The molecule has 6 heteroatoms. The number of benzene rings is 1. The molecule has 0 aliphatic heterocycles. The van der Waals surface area contributed by atoms with Gasteiger partial charge in [-0.25, -0.2) is 4.98 Å². The highest BCUT2D eigenvalue weighted by Crippen LogP contribution is 2.26. The molecule has 130 valence electrons. The van der Waals surface area contributed by atoms with Crippen molar-refractivity contribution in [3.05, 3.63) is 63.3 Å². The summed E-state index contributed by atoms with van der Waals surface area (Å²) in [6.45, 7) is 3.90. The van der Waals surface area contributed by atoms with Crippen LogP contribution < -0.4 is 5.32 Å². The average Bonchev–Trinajstić information content (AvgIpc) is 3.24. The molecule has 2 aromatic heterocycles. The Morgan fingerprint density at radius 1 is 1.32 bits per heavy atom. The van der Waals surface area contributed by atoms with Crippen LogP contribution in [0.15, 0.2) is 50.7 Å². The maximum atomic E-state index is 12.5. The van der Waals surface area contributed by atoms with Crippen LogP contribution in [-0.2, 0) is 11.2 Å². The molecule has 1 unspecified atom stereocenters. The first-order chi connectivity index (χ1) is 12.1. The Hall–Kier alpha value is -1.92. The number of aromatic nitrogens is 1. The first-order valence-corrected chi connectivity index (χ1v) is 9.79. The van der Waals surface area contributed by atoms with Gasteiger partial charge in [0.1, 0.15) is 5.76 Å². The van der Waals surface area contributed by atoms with E-state index in [1.807, 2.05) is 48.7 Å². The number of nitrogens with one attached hydrogen (secondary N) is 1. The van der Waals surface area contributed by atoms with Gasteiger partial charge in [0.05, 0.1) is 23.0 Å². The molecular weight excluding hydrogens is 400 g/mol. The Morgan fingerprint density at radius 3 is 2.72 bits per heavy atom. The minimum atomic E-state index is -0.0519. The topological polar surface area (TPSA) is 55.1 Å². The number of rotatable bonds is 6. The highest BCUT2D eigenvalue weighted by Gasteiger charge is 2.18. The van der Waals surface area contributed by atoms with Gasteiger partial charge in [-0.1, -0.05) is 41.1 Å². The Labute approximate surface area is 159 Å². The molecule has 2 heterocycles. The molecule has 0 saturated heterocycles. The summed E-state index contributed by atoms with van der Waals surface area (Å²) in [4.78, 5) is 17.9. The van der Waals surface area contributed by atoms with Gasteiger partial charge >= 0.3 is 0 Å². The van der Waals surface area contributed by atoms with Gasteiger partial charge in [0.15, 0.2) is 0 Å². The van der Waals surface area contributed by atoms with Gasteiger partial charge in [-0.3, -0.25) is 4.79 Å². The van der Waals surface area contributed by atoms with Crippen LogP contribution in [0, 0.1) is 6.92 Å². The number of oxazole rings is 1. The van der Waals surface area contributed by atoms with E-state index >= 15 is 0 Å². The van der Waals surface area contributed by atoms with Gasteiger partial charge in [-0.05, 0) is 42.5 Å². The number of thiophene rings is 1. The molecule has 0 aliphatic carbocycles. The third-order valence-corrected chi connectivity index (χ3v) is 5.35. The molecule has 4 nitrogen and oxygen atoms in total. The number of amides is 1. The van der Waals surface area contributed by atoms with E-state index in [4.69, 9.17) is 4.42 Å². The van der Waals surface area contributed by atoms with Gasteiger partial charge in [0.25, 0.3) is 0 Å². The lowest BCUT2D eigenvalue weighted by atomic mass is 10.0. The van der Waals surface area contributed by atoms with Crippen LogP contribution in [0.3, 0.4) is 0 Å². The summed E-state index contributed by atoms with van der Waals surface area (Å²) in [6, 6.07) is 11.9. The maximum absolute atomic E-state index is 12.5. The van der Waals surface area contributed by atoms with Crippen molar-refractivity contribution in [3.63, 3.8) is 0 Å². The third-order valence-electron chi connectivity index (χ3n) is 3.97. The molecule has 0 saturated carbocycles. The number of halogens is 1. The second kappa shape index (κ2) is 7.97. The number of carbonyl (C=O) groups excluding carboxylic acids is 1. The van der Waals surface area contributed by atoms with E-state index in [-0.39, 0.29) is 18.4 Å². The maximum Gasteiger partial charge on any atom is 0.236 e. The lowest BCUT2D eigenvalue weighted by Gasteiger charge is -2.17. The predicted molar refractivity (Wildman–Crippen MR) is 104 cm³/mol. The fourth-order valence-electron chi connectivity index (χ4n) is 2.61. The summed E-state index contributed by atoms with van der Waals surface area (Å²) in [5.41, 5.74) is 1.78. The second-order valence-corrected chi connectivity index (χ2v) is 7.62. The zero-order valence-corrected chi connectivity index (χ0v) is 16.5. The normalized spacial score (nSPS) is 12.1. The minimum Gasteiger partial charge on any atom is -0.440 e. The van der Waals surface area contributed by atoms with Gasteiger partial charge in [-0.2, -0.15) is 0 Å². The highest BCUT2D eigenvalue weighted by atomic mass is 79.9. The summed E-state index contributed by atoms with van der Waals surface area (Å²) in [7, 11) is 0. The van der Waals surface area contributed by atoms with Crippen molar-refractivity contribution in [1.82, 2.24) is 10.3 Å². The second-order valence-electron chi connectivity index (χ2n) is 5.76.